The van der Waals surface area contributed by atoms with E-state index in [-0.39, 0.29) is 16.3 Å². The molecule has 6 heteroatoms. The first-order chi connectivity index (χ1) is 9.94. The Kier molecular flexibility index (Phi) is 4.59. The van der Waals surface area contributed by atoms with E-state index < -0.39 is 16.2 Å². The summed E-state index contributed by atoms with van der Waals surface area (Å²) in [5, 5.41) is 9.88. The van der Waals surface area contributed by atoms with Gasteiger partial charge >= 0.3 is 10.1 Å². The smallest absolute Gasteiger partial charge is 0.339 e. The van der Waals surface area contributed by atoms with Gasteiger partial charge in [0.25, 0.3) is 0 Å². The molecule has 1 aromatic carbocycles. The predicted octanol–water partition coefficient (Wildman–Crippen LogP) is 2.60. The van der Waals surface area contributed by atoms with Crippen molar-refractivity contribution >= 4 is 10.1 Å². The number of nitrogens with zero attached hydrogens (tertiary/aromatic N) is 1. The van der Waals surface area contributed by atoms with Crippen LogP contribution >= 0.6 is 0 Å². The van der Waals surface area contributed by atoms with Crippen LogP contribution in [0.4, 0.5) is 0 Å². The lowest BCUT2D eigenvalue weighted by Crippen LogP contribution is -2.12. The standard InChI is InChI=1S/C15H17NO4S/c1-3-13(17)15-14(5-4-10-16-15)20-21(18,19)12-8-6-11(2)7-9-12/h4-10,13,17H,3H2,1-2H3. The number of aliphatic hydroxyl groups excluding tert-OH is 1. The molecule has 0 bridgehead atoms. The van der Waals surface area contributed by atoms with Crippen molar-refractivity contribution in [2.75, 3.05) is 0 Å². The minimum absolute atomic E-state index is 0.0485. The molecule has 1 heterocycles. The Morgan fingerprint density at radius 3 is 2.52 bits per heavy atom. The molecule has 1 atom stereocenters. The van der Waals surface area contributed by atoms with Crippen molar-refractivity contribution < 1.29 is 17.7 Å². The van der Waals surface area contributed by atoms with E-state index in [1.165, 1.54) is 24.4 Å². The van der Waals surface area contributed by atoms with E-state index in [0.717, 1.165) is 5.56 Å². The lowest BCUT2D eigenvalue weighted by Gasteiger charge is -2.13. The Labute approximate surface area is 124 Å². The maximum absolute atomic E-state index is 12.2. The van der Waals surface area contributed by atoms with Crippen molar-refractivity contribution in [1.29, 1.82) is 0 Å². The van der Waals surface area contributed by atoms with E-state index >= 15 is 0 Å². The first-order valence-electron chi connectivity index (χ1n) is 6.58. The number of aryl methyl sites for hydroxylation is 1. The Morgan fingerprint density at radius 2 is 1.90 bits per heavy atom. The average molecular weight is 307 g/mol. The molecule has 0 fully saturated rings. The van der Waals surface area contributed by atoms with Gasteiger partial charge in [0.2, 0.25) is 0 Å². The van der Waals surface area contributed by atoms with Gasteiger partial charge in [0.15, 0.2) is 5.75 Å². The average Bonchev–Trinajstić information content (AvgIpc) is 2.47. The highest BCUT2D eigenvalue weighted by Gasteiger charge is 2.21. The second-order valence-corrected chi connectivity index (χ2v) is 6.21. The Hall–Kier alpha value is -1.92. The van der Waals surface area contributed by atoms with Crippen LogP contribution in [-0.4, -0.2) is 18.5 Å². The SMILES string of the molecule is CCC(O)c1ncccc1OS(=O)(=O)c1ccc(C)cc1. The first kappa shape index (κ1) is 15.5. The summed E-state index contributed by atoms with van der Waals surface area (Å²) in [6, 6.07) is 9.40. The highest BCUT2D eigenvalue weighted by Crippen LogP contribution is 2.27. The molecule has 0 spiro atoms. The van der Waals surface area contributed by atoms with Gasteiger partial charge in [0.05, 0.1) is 6.10 Å². The van der Waals surface area contributed by atoms with Gasteiger partial charge in [-0.1, -0.05) is 24.6 Å². The third-order valence-corrected chi connectivity index (χ3v) is 4.26. The molecular weight excluding hydrogens is 290 g/mol. The fraction of sp³-hybridized carbons (Fsp3) is 0.267. The molecule has 0 aliphatic carbocycles. The lowest BCUT2D eigenvalue weighted by molar-refractivity contribution is 0.166. The van der Waals surface area contributed by atoms with Crippen molar-refractivity contribution in [3.63, 3.8) is 0 Å². The molecule has 21 heavy (non-hydrogen) atoms. The monoisotopic (exact) mass is 307 g/mol. The van der Waals surface area contributed by atoms with Crippen LogP contribution in [0.5, 0.6) is 5.75 Å². The van der Waals surface area contributed by atoms with Crippen LogP contribution in [0.3, 0.4) is 0 Å². The van der Waals surface area contributed by atoms with E-state index in [9.17, 15) is 13.5 Å². The molecular formula is C15H17NO4S. The van der Waals surface area contributed by atoms with E-state index in [1.807, 2.05) is 6.92 Å². The van der Waals surface area contributed by atoms with Crippen LogP contribution < -0.4 is 4.18 Å². The second-order valence-electron chi connectivity index (χ2n) is 4.66. The number of hydrogen-bond acceptors (Lipinski definition) is 5. The van der Waals surface area contributed by atoms with Crippen LogP contribution in [-0.2, 0) is 10.1 Å². The van der Waals surface area contributed by atoms with Crippen LogP contribution in [0.2, 0.25) is 0 Å². The molecule has 112 valence electrons. The zero-order valence-corrected chi connectivity index (χ0v) is 12.7. The number of aromatic nitrogens is 1. The molecule has 1 unspecified atom stereocenters. The topological polar surface area (TPSA) is 76.5 Å². The van der Waals surface area contributed by atoms with E-state index in [0.29, 0.717) is 6.42 Å². The summed E-state index contributed by atoms with van der Waals surface area (Å²) in [7, 11) is -3.95. The number of hydrogen-bond donors (Lipinski definition) is 1. The second kappa shape index (κ2) is 6.24. The van der Waals surface area contributed by atoms with Crippen LogP contribution in [0, 0.1) is 6.92 Å². The minimum Gasteiger partial charge on any atom is -0.387 e. The predicted molar refractivity (Wildman–Crippen MR) is 78.5 cm³/mol. The maximum Gasteiger partial charge on any atom is 0.339 e. The Balaban J connectivity index is 2.35. The van der Waals surface area contributed by atoms with Gasteiger partial charge in [-0.3, -0.25) is 4.98 Å². The van der Waals surface area contributed by atoms with Crippen molar-refractivity contribution in [1.82, 2.24) is 4.98 Å². The molecule has 0 radical (unpaired) electrons. The summed E-state index contributed by atoms with van der Waals surface area (Å²) in [4.78, 5) is 4.07. The van der Waals surface area contributed by atoms with E-state index in [4.69, 9.17) is 4.18 Å². The molecule has 2 rings (SSSR count). The molecule has 2 aromatic rings. The number of pyridine rings is 1. The van der Waals surface area contributed by atoms with Crippen molar-refractivity contribution in [2.45, 2.75) is 31.3 Å². The Bertz CT molecular complexity index is 711. The summed E-state index contributed by atoms with van der Waals surface area (Å²) in [5.74, 6) is 0.0485. The molecule has 5 nitrogen and oxygen atoms in total. The molecule has 0 amide bonds. The zero-order valence-electron chi connectivity index (χ0n) is 11.9. The number of benzene rings is 1. The quantitative estimate of drug-likeness (QED) is 0.859. The van der Waals surface area contributed by atoms with Crippen molar-refractivity contribution in [3.05, 3.63) is 53.9 Å². The molecule has 0 saturated heterocycles. The van der Waals surface area contributed by atoms with Crippen LogP contribution in [0.15, 0.2) is 47.5 Å². The van der Waals surface area contributed by atoms with Gasteiger partial charge in [-0.05, 0) is 37.6 Å². The zero-order chi connectivity index (χ0) is 15.5. The molecule has 1 aromatic heterocycles. The fourth-order valence-corrected chi connectivity index (χ4v) is 2.73. The summed E-state index contributed by atoms with van der Waals surface area (Å²) in [6.45, 7) is 3.64. The highest BCUT2D eigenvalue weighted by molar-refractivity contribution is 7.87. The molecule has 0 saturated carbocycles. The van der Waals surface area contributed by atoms with Gasteiger partial charge in [0.1, 0.15) is 10.6 Å². The Morgan fingerprint density at radius 1 is 1.24 bits per heavy atom. The molecule has 0 aliphatic heterocycles. The normalized spacial score (nSPS) is 12.9. The molecule has 0 aliphatic rings. The summed E-state index contributed by atoms with van der Waals surface area (Å²) in [6.07, 6.45) is 1.03. The summed E-state index contributed by atoms with van der Waals surface area (Å²) in [5.41, 5.74) is 1.17. The van der Waals surface area contributed by atoms with Gasteiger partial charge in [-0.15, -0.1) is 0 Å². The van der Waals surface area contributed by atoms with Gasteiger partial charge in [-0.2, -0.15) is 8.42 Å². The first-order valence-corrected chi connectivity index (χ1v) is 7.99. The third-order valence-electron chi connectivity index (χ3n) is 3.01. The largest absolute Gasteiger partial charge is 0.387 e. The maximum atomic E-state index is 12.2. The van der Waals surface area contributed by atoms with Crippen molar-refractivity contribution in [2.24, 2.45) is 0 Å². The van der Waals surface area contributed by atoms with E-state index in [1.54, 1.807) is 25.1 Å². The fourth-order valence-electron chi connectivity index (χ4n) is 1.79. The summed E-state index contributed by atoms with van der Waals surface area (Å²) < 4.78 is 29.6. The third kappa shape index (κ3) is 3.59. The molecule has 1 N–H and O–H groups in total. The van der Waals surface area contributed by atoms with Gasteiger partial charge in [-0.25, -0.2) is 0 Å². The minimum atomic E-state index is -3.95. The van der Waals surface area contributed by atoms with Gasteiger partial charge < -0.3 is 9.29 Å². The number of aliphatic hydroxyl groups is 1. The van der Waals surface area contributed by atoms with Crippen LogP contribution in [0.1, 0.15) is 30.7 Å². The van der Waals surface area contributed by atoms with E-state index in [2.05, 4.69) is 4.98 Å². The van der Waals surface area contributed by atoms with Crippen molar-refractivity contribution in [3.8, 4) is 5.75 Å². The lowest BCUT2D eigenvalue weighted by atomic mass is 10.2. The highest BCUT2D eigenvalue weighted by atomic mass is 32.2. The van der Waals surface area contributed by atoms with Crippen LogP contribution in [0.25, 0.3) is 0 Å². The summed E-state index contributed by atoms with van der Waals surface area (Å²) >= 11 is 0. The van der Waals surface area contributed by atoms with Gasteiger partial charge in [0, 0.05) is 6.20 Å². The number of rotatable bonds is 5.